The van der Waals surface area contributed by atoms with E-state index in [0.29, 0.717) is 0 Å². The predicted molar refractivity (Wildman–Crippen MR) is 54.1 cm³/mol. The number of morpholine rings is 1. The fraction of sp³-hybridized carbons (Fsp3) is 0.200. The van der Waals surface area contributed by atoms with E-state index in [1.54, 1.807) is 0 Å². The molecule has 2 N–H and O–H groups in total. The first kappa shape index (κ1) is 10.6. The molecule has 0 unspecified atom stereocenters. The Balaban J connectivity index is 2.38. The summed E-state index contributed by atoms with van der Waals surface area (Å²) >= 11 is 0. The third-order valence-corrected chi connectivity index (χ3v) is 2.19. The van der Waals surface area contributed by atoms with Crippen molar-refractivity contribution in [2.24, 2.45) is 0 Å². The van der Waals surface area contributed by atoms with Crippen LogP contribution in [0.15, 0.2) is 18.2 Å². The lowest BCUT2D eigenvalue weighted by Gasteiger charge is -2.25. The van der Waals surface area contributed by atoms with Crippen molar-refractivity contribution < 1.29 is 18.7 Å². The zero-order valence-corrected chi connectivity index (χ0v) is 8.27. The number of nitrogen functional groups attached to an aromatic ring is 1. The molecule has 0 spiro atoms. The average Bonchev–Trinajstić information content (AvgIpc) is 2.23. The number of benzene rings is 1. The van der Waals surface area contributed by atoms with Crippen LogP contribution in [0.25, 0.3) is 0 Å². The van der Waals surface area contributed by atoms with E-state index < -0.39 is 17.6 Å². The number of amides is 2. The summed E-state index contributed by atoms with van der Waals surface area (Å²) in [6.07, 6.45) is 0. The average molecular weight is 224 g/mol. The predicted octanol–water partition coefficient (Wildman–Crippen LogP) is 0.298. The number of imide groups is 1. The van der Waals surface area contributed by atoms with Crippen LogP contribution in [0.4, 0.5) is 15.8 Å². The molecule has 1 aliphatic heterocycles. The molecule has 5 nitrogen and oxygen atoms in total. The van der Waals surface area contributed by atoms with E-state index in [0.717, 1.165) is 11.0 Å². The number of halogens is 1. The first-order chi connectivity index (χ1) is 7.59. The number of carbonyl (C=O) groups excluding carboxylic acids is 2. The number of rotatable bonds is 1. The Labute approximate surface area is 90.6 Å². The van der Waals surface area contributed by atoms with Gasteiger partial charge in [-0.2, -0.15) is 0 Å². The smallest absolute Gasteiger partial charge is 0.259 e. The maximum Gasteiger partial charge on any atom is 0.259 e. The monoisotopic (exact) mass is 224 g/mol. The third-order valence-electron chi connectivity index (χ3n) is 2.19. The molecule has 1 fully saturated rings. The van der Waals surface area contributed by atoms with E-state index in [9.17, 15) is 14.0 Å². The molecule has 0 bridgehead atoms. The van der Waals surface area contributed by atoms with Crippen LogP contribution in [0, 0.1) is 5.82 Å². The lowest BCUT2D eigenvalue weighted by molar-refractivity contribution is -0.138. The van der Waals surface area contributed by atoms with Crippen molar-refractivity contribution >= 4 is 23.2 Å². The van der Waals surface area contributed by atoms with Gasteiger partial charge in [0.2, 0.25) is 0 Å². The van der Waals surface area contributed by atoms with Gasteiger partial charge in [-0.05, 0) is 18.2 Å². The van der Waals surface area contributed by atoms with Crippen LogP contribution in [0.5, 0.6) is 0 Å². The zero-order valence-electron chi connectivity index (χ0n) is 8.27. The standard InChI is InChI=1S/C10H9FN2O3/c11-7-2-1-6(3-8(7)12)13-9(14)4-16-5-10(13)15/h1-3H,4-5,12H2. The number of nitrogens with two attached hydrogens (primary N) is 1. The van der Waals surface area contributed by atoms with E-state index in [1.165, 1.54) is 12.1 Å². The molecule has 1 saturated heterocycles. The van der Waals surface area contributed by atoms with Crippen molar-refractivity contribution in [2.45, 2.75) is 0 Å². The molecular weight excluding hydrogens is 215 g/mol. The Morgan fingerprint density at radius 1 is 1.25 bits per heavy atom. The number of hydrogen-bond acceptors (Lipinski definition) is 4. The summed E-state index contributed by atoms with van der Waals surface area (Å²) in [5, 5.41) is 0. The van der Waals surface area contributed by atoms with Crippen LogP contribution < -0.4 is 10.6 Å². The lowest BCUT2D eigenvalue weighted by atomic mass is 10.2. The van der Waals surface area contributed by atoms with Crippen LogP contribution in [0.1, 0.15) is 0 Å². The van der Waals surface area contributed by atoms with Gasteiger partial charge in [0.05, 0.1) is 11.4 Å². The van der Waals surface area contributed by atoms with Gasteiger partial charge in [-0.15, -0.1) is 0 Å². The van der Waals surface area contributed by atoms with Gasteiger partial charge in [0.1, 0.15) is 19.0 Å². The maximum absolute atomic E-state index is 12.9. The first-order valence-corrected chi connectivity index (χ1v) is 4.58. The topological polar surface area (TPSA) is 72.6 Å². The highest BCUT2D eigenvalue weighted by molar-refractivity contribution is 6.17. The molecule has 1 aromatic rings. The minimum Gasteiger partial charge on any atom is -0.396 e. The molecule has 1 aromatic carbocycles. The molecule has 0 radical (unpaired) electrons. The van der Waals surface area contributed by atoms with Gasteiger partial charge >= 0.3 is 0 Å². The molecule has 0 saturated carbocycles. The Morgan fingerprint density at radius 2 is 1.88 bits per heavy atom. The van der Waals surface area contributed by atoms with Crippen LogP contribution in [0.3, 0.4) is 0 Å². The second-order valence-corrected chi connectivity index (χ2v) is 3.32. The summed E-state index contributed by atoms with van der Waals surface area (Å²) in [7, 11) is 0. The van der Waals surface area contributed by atoms with Crippen LogP contribution in [-0.2, 0) is 14.3 Å². The Hall–Kier alpha value is -1.95. The molecule has 0 aromatic heterocycles. The summed E-state index contributed by atoms with van der Waals surface area (Å²) in [5.74, 6) is -1.55. The van der Waals surface area contributed by atoms with Gasteiger partial charge in [-0.25, -0.2) is 9.29 Å². The van der Waals surface area contributed by atoms with Gasteiger partial charge < -0.3 is 10.5 Å². The van der Waals surface area contributed by atoms with E-state index in [1.807, 2.05) is 0 Å². The van der Waals surface area contributed by atoms with Gasteiger partial charge in [0.25, 0.3) is 11.8 Å². The molecule has 0 aliphatic carbocycles. The molecule has 1 heterocycles. The fourth-order valence-corrected chi connectivity index (χ4v) is 1.45. The summed E-state index contributed by atoms with van der Waals surface area (Å²) < 4.78 is 17.7. The van der Waals surface area contributed by atoms with Gasteiger partial charge in [-0.1, -0.05) is 0 Å². The number of anilines is 2. The molecule has 1 aliphatic rings. The number of nitrogens with zero attached hydrogens (tertiary/aromatic N) is 1. The van der Waals surface area contributed by atoms with Crippen LogP contribution >= 0.6 is 0 Å². The Bertz CT molecular complexity index is 445. The summed E-state index contributed by atoms with van der Waals surface area (Å²) in [6.45, 7) is -0.327. The van der Waals surface area contributed by atoms with Crippen LogP contribution in [-0.4, -0.2) is 25.0 Å². The second-order valence-electron chi connectivity index (χ2n) is 3.32. The van der Waals surface area contributed by atoms with Crippen molar-refractivity contribution in [3.8, 4) is 0 Å². The summed E-state index contributed by atoms with van der Waals surface area (Å²) in [5.41, 5.74) is 5.52. The zero-order chi connectivity index (χ0) is 11.7. The molecule has 2 amide bonds. The largest absolute Gasteiger partial charge is 0.396 e. The van der Waals surface area contributed by atoms with Crippen molar-refractivity contribution in [1.82, 2.24) is 0 Å². The summed E-state index contributed by atoms with van der Waals surface area (Å²) in [4.78, 5) is 23.8. The van der Waals surface area contributed by atoms with E-state index in [4.69, 9.17) is 10.5 Å². The van der Waals surface area contributed by atoms with E-state index >= 15 is 0 Å². The highest BCUT2D eigenvalue weighted by Crippen LogP contribution is 2.22. The van der Waals surface area contributed by atoms with Gasteiger partial charge in [-0.3, -0.25) is 9.59 Å². The summed E-state index contributed by atoms with van der Waals surface area (Å²) in [6, 6.07) is 3.68. The lowest BCUT2D eigenvalue weighted by Crippen LogP contribution is -2.46. The highest BCUT2D eigenvalue weighted by atomic mass is 19.1. The second kappa shape index (κ2) is 3.90. The molecule has 2 rings (SSSR count). The Kier molecular flexibility index (Phi) is 2.57. The molecule has 84 valence electrons. The first-order valence-electron chi connectivity index (χ1n) is 4.58. The number of ether oxygens (including phenoxy) is 1. The van der Waals surface area contributed by atoms with Crippen LogP contribution in [0.2, 0.25) is 0 Å². The molecule has 0 atom stereocenters. The van der Waals surface area contributed by atoms with E-state index in [-0.39, 0.29) is 24.6 Å². The van der Waals surface area contributed by atoms with Crippen molar-refractivity contribution in [3.63, 3.8) is 0 Å². The van der Waals surface area contributed by atoms with Crippen molar-refractivity contribution in [1.29, 1.82) is 0 Å². The normalized spacial score (nSPS) is 16.7. The van der Waals surface area contributed by atoms with E-state index in [2.05, 4.69) is 0 Å². The Morgan fingerprint density at radius 3 is 2.44 bits per heavy atom. The SMILES string of the molecule is Nc1cc(N2C(=O)COCC2=O)ccc1F. The maximum atomic E-state index is 12.9. The minimum atomic E-state index is -0.586. The minimum absolute atomic E-state index is 0.107. The highest BCUT2D eigenvalue weighted by Gasteiger charge is 2.28. The molecule has 6 heteroatoms. The fourth-order valence-electron chi connectivity index (χ4n) is 1.45. The van der Waals surface area contributed by atoms with Crippen molar-refractivity contribution in [3.05, 3.63) is 24.0 Å². The molecule has 16 heavy (non-hydrogen) atoms. The van der Waals surface area contributed by atoms with Crippen molar-refractivity contribution in [2.75, 3.05) is 23.8 Å². The third kappa shape index (κ3) is 1.74. The van der Waals surface area contributed by atoms with Gasteiger partial charge in [0, 0.05) is 0 Å². The quantitative estimate of drug-likeness (QED) is 0.550. The number of carbonyl (C=O) groups is 2. The van der Waals surface area contributed by atoms with Gasteiger partial charge in [0.15, 0.2) is 0 Å². The molecular formula is C10H9FN2O3. The number of hydrogen-bond donors (Lipinski definition) is 1.